The lowest BCUT2D eigenvalue weighted by Crippen LogP contribution is -2.44. The molecule has 3 saturated carbocycles. The Morgan fingerprint density at radius 3 is 2.06 bits per heavy atom. The molecule has 2 bridgehead atoms. The Kier molecular flexibility index (Phi) is 4.60. The molecule has 6 heteroatoms. The van der Waals surface area contributed by atoms with Crippen LogP contribution in [0.1, 0.15) is 42.5 Å². The van der Waals surface area contributed by atoms with E-state index in [0.29, 0.717) is 43.1 Å². The first-order chi connectivity index (χ1) is 15.5. The number of hydrogen-bond acceptors (Lipinski definition) is 5. The average molecular weight is 434 g/mol. The molecule has 0 radical (unpaired) electrons. The molecule has 1 aromatic carbocycles. The van der Waals surface area contributed by atoms with Gasteiger partial charge < -0.3 is 4.74 Å². The number of rotatable bonds is 5. The molecule has 0 spiro atoms. The lowest BCUT2D eigenvalue weighted by Gasteiger charge is -2.37. The number of allylic oxidation sites excluding steroid dienone is 2. The van der Waals surface area contributed by atoms with E-state index in [1.807, 2.05) is 6.07 Å². The minimum Gasteiger partial charge on any atom is -0.457 e. The highest BCUT2D eigenvalue weighted by Crippen LogP contribution is 2.65. The summed E-state index contributed by atoms with van der Waals surface area (Å²) in [5.41, 5.74) is 0.526. The Balaban J connectivity index is 1.05. The van der Waals surface area contributed by atoms with Crippen molar-refractivity contribution < 1.29 is 23.9 Å². The fraction of sp³-hybridized carbons (Fsp3) is 0.538. The molecule has 6 atom stereocenters. The molecule has 5 aliphatic carbocycles. The van der Waals surface area contributed by atoms with E-state index in [9.17, 15) is 19.2 Å². The first kappa shape index (κ1) is 19.9. The number of nitrogens with zero attached hydrogens (tertiary/aromatic N) is 1. The second-order valence-corrected chi connectivity index (χ2v) is 10.1. The second kappa shape index (κ2) is 7.39. The van der Waals surface area contributed by atoms with Crippen LogP contribution in [0.3, 0.4) is 0 Å². The highest BCUT2D eigenvalue weighted by atomic mass is 16.5. The molecule has 7 rings (SSSR count). The molecule has 0 N–H and O–H groups in total. The van der Waals surface area contributed by atoms with Gasteiger partial charge in [0.05, 0.1) is 17.8 Å². The minimum atomic E-state index is -0.359. The minimum absolute atomic E-state index is 0.0178. The molecule has 4 fully saturated rings. The largest absolute Gasteiger partial charge is 0.457 e. The van der Waals surface area contributed by atoms with Crippen LogP contribution in [0, 0.1) is 41.4 Å². The van der Waals surface area contributed by atoms with E-state index in [2.05, 4.69) is 12.2 Å². The average Bonchev–Trinajstić information content (AvgIpc) is 3.61. The second-order valence-electron chi connectivity index (χ2n) is 10.1. The zero-order chi connectivity index (χ0) is 22.0. The van der Waals surface area contributed by atoms with Crippen LogP contribution in [0.4, 0.5) is 0 Å². The highest BCUT2D eigenvalue weighted by molar-refractivity contribution is 6.06. The van der Waals surface area contributed by atoms with Gasteiger partial charge in [-0.15, -0.1) is 0 Å². The van der Waals surface area contributed by atoms with Gasteiger partial charge in [0.25, 0.3) is 0 Å². The number of ketones is 1. The number of esters is 1. The Morgan fingerprint density at radius 2 is 1.47 bits per heavy atom. The topological polar surface area (TPSA) is 80.8 Å². The van der Waals surface area contributed by atoms with Crippen molar-refractivity contribution in [3.05, 3.63) is 48.0 Å². The van der Waals surface area contributed by atoms with Gasteiger partial charge in [-0.25, -0.2) is 0 Å². The maximum atomic E-state index is 13.3. The summed E-state index contributed by atoms with van der Waals surface area (Å²) in [6.07, 6.45) is 7.95. The highest BCUT2D eigenvalue weighted by Gasteiger charge is 2.67. The lowest BCUT2D eigenvalue weighted by atomic mass is 9.63. The van der Waals surface area contributed by atoms with Gasteiger partial charge in [0.15, 0.2) is 12.4 Å². The maximum absolute atomic E-state index is 13.3. The van der Waals surface area contributed by atoms with Crippen molar-refractivity contribution in [2.24, 2.45) is 41.4 Å². The van der Waals surface area contributed by atoms with E-state index in [-0.39, 0.29) is 65.8 Å². The lowest BCUT2D eigenvalue weighted by molar-refractivity contribution is -0.149. The van der Waals surface area contributed by atoms with E-state index in [1.54, 1.807) is 29.2 Å². The number of benzene rings is 1. The molecule has 1 saturated heterocycles. The van der Waals surface area contributed by atoms with E-state index >= 15 is 0 Å². The molecule has 0 aromatic heterocycles. The molecule has 1 aromatic rings. The summed E-state index contributed by atoms with van der Waals surface area (Å²) in [6, 6.07) is 8.67. The maximum Gasteiger partial charge on any atom is 0.309 e. The molecular weight excluding hydrogens is 406 g/mol. The molecule has 1 heterocycles. The van der Waals surface area contributed by atoms with Crippen molar-refractivity contribution in [3.63, 3.8) is 0 Å². The summed E-state index contributed by atoms with van der Waals surface area (Å²) in [7, 11) is 0. The van der Waals surface area contributed by atoms with Crippen molar-refractivity contribution in [2.45, 2.75) is 38.1 Å². The van der Waals surface area contributed by atoms with Gasteiger partial charge in [0.1, 0.15) is 0 Å². The standard InChI is InChI=1S/C26H27NO5/c28-21(14-4-2-1-3-5-14)13-32-26(31)15-6-8-16(9-7-15)27-24(29)22-17-10-11-18(20-12-19(17)20)23(22)25(27)30/h1-5,10-11,15-20,22-23H,6-9,12-13H2/t15?,16?,17-,18-,19-,20-,22-,23+/m0/s1. The number of carbonyl (C=O) groups is 4. The van der Waals surface area contributed by atoms with Crippen LogP contribution >= 0.6 is 0 Å². The third kappa shape index (κ3) is 2.99. The third-order valence-electron chi connectivity index (χ3n) is 8.53. The van der Waals surface area contributed by atoms with Gasteiger partial charge in [-0.3, -0.25) is 24.1 Å². The van der Waals surface area contributed by atoms with E-state index in [4.69, 9.17) is 4.74 Å². The number of carbonyl (C=O) groups excluding carboxylic acids is 4. The van der Waals surface area contributed by atoms with E-state index in [1.165, 1.54) is 0 Å². The van der Waals surface area contributed by atoms with E-state index < -0.39 is 0 Å². The zero-order valence-electron chi connectivity index (χ0n) is 17.9. The molecule has 166 valence electrons. The summed E-state index contributed by atoms with van der Waals surface area (Å²) in [4.78, 5) is 52.8. The van der Waals surface area contributed by atoms with Crippen molar-refractivity contribution in [1.82, 2.24) is 4.90 Å². The molecule has 2 amide bonds. The predicted octanol–water partition coefficient (Wildman–Crippen LogP) is 3.02. The predicted molar refractivity (Wildman–Crippen MR) is 114 cm³/mol. The zero-order valence-corrected chi connectivity index (χ0v) is 17.9. The van der Waals surface area contributed by atoms with Gasteiger partial charge in [-0.05, 0) is 55.8 Å². The number of amides is 2. The fourth-order valence-electron chi connectivity index (χ4n) is 6.87. The normalized spacial score (nSPS) is 38.9. The van der Waals surface area contributed by atoms with Crippen LogP contribution in [-0.2, 0) is 19.1 Å². The molecule has 6 aliphatic rings. The molecule has 1 aliphatic heterocycles. The van der Waals surface area contributed by atoms with E-state index in [0.717, 1.165) is 6.42 Å². The van der Waals surface area contributed by atoms with Crippen molar-refractivity contribution >= 4 is 23.6 Å². The first-order valence-corrected chi connectivity index (χ1v) is 11.8. The van der Waals surface area contributed by atoms with Gasteiger partial charge in [-0.1, -0.05) is 42.5 Å². The van der Waals surface area contributed by atoms with Crippen LogP contribution in [0.2, 0.25) is 0 Å². The van der Waals surface area contributed by atoms with Crippen LogP contribution in [0.15, 0.2) is 42.5 Å². The van der Waals surface area contributed by atoms with Gasteiger partial charge in [0.2, 0.25) is 11.8 Å². The van der Waals surface area contributed by atoms with Crippen LogP contribution in [0.25, 0.3) is 0 Å². The van der Waals surface area contributed by atoms with Crippen LogP contribution in [-0.4, -0.2) is 41.1 Å². The Hall–Kier alpha value is -2.76. The van der Waals surface area contributed by atoms with Crippen molar-refractivity contribution in [2.75, 3.05) is 6.61 Å². The Labute approximate surface area is 187 Å². The summed E-state index contributed by atoms with van der Waals surface area (Å²) in [5, 5.41) is 0. The van der Waals surface area contributed by atoms with Crippen LogP contribution < -0.4 is 0 Å². The number of hydrogen-bond donors (Lipinski definition) is 0. The smallest absolute Gasteiger partial charge is 0.309 e. The summed E-state index contributed by atoms with van der Waals surface area (Å²) in [6.45, 7) is -0.257. The molecule has 0 unspecified atom stereocenters. The SMILES string of the molecule is O=C(COC(=O)C1CCC(N2C(=O)[C@@H]3[C@H]4C=C[C@@H]([C@@H]5C[C@@H]45)[C@@H]3C2=O)CC1)c1ccccc1. The van der Waals surface area contributed by atoms with Gasteiger partial charge >= 0.3 is 5.97 Å². The monoisotopic (exact) mass is 433 g/mol. The quantitative estimate of drug-likeness (QED) is 0.309. The Bertz CT molecular complexity index is 972. The number of Topliss-reactive ketones (excluding diaryl/α,β-unsaturated/α-hetero) is 1. The summed E-state index contributed by atoms with van der Waals surface area (Å²) < 4.78 is 5.29. The summed E-state index contributed by atoms with van der Waals surface area (Å²) >= 11 is 0. The van der Waals surface area contributed by atoms with Gasteiger partial charge in [0, 0.05) is 11.6 Å². The van der Waals surface area contributed by atoms with Crippen LogP contribution in [0.5, 0.6) is 0 Å². The third-order valence-corrected chi connectivity index (χ3v) is 8.53. The summed E-state index contributed by atoms with van der Waals surface area (Å²) in [5.74, 6) is 0.547. The number of imide groups is 1. The fourth-order valence-corrected chi connectivity index (χ4v) is 6.87. The molecule has 32 heavy (non-hydrogen) atoms. The van der Waals surface area contributed by atoms with Crippen molar-refractivity contribution in [3.8, 4) is 0 Å². The number of likely N-dealkylation sites (tertiary alicyclic amines) is 1. The van der Waals surface area contributed by atoms with Crippen molar-refractivity contribution in [1.29, 1.82) is 0 Å². The molecular formula is C26H27NO5. The Morgan fingerprint density at radius 1 is 0.875 bits per heavy atom. The first-order valence-electron chi connectivity index (χ1n) is 11.8. The van der Waals surface area contributed by atoms with Gasteiger partial charge in [-0.2, -0.15) is 0 Å². The number of ether oxygens (including phenoxy) is 1. The molecule has 6 nitrogen and oxygen atoms in total.